The molecule has 4 unspecified atom stereocenters. The van der Waals surface area contributed by atoms with Gasteiger partial charge in [-0.15, -0.1) is 11.8 Å². The molecule has 1 saturated heterocycles. The lowest BCUT2D eigenvalue weighted by molar-refractivity contribution is -0.151. The molecule has 20 heavy (non-hydrogen) atoms. The molecule has 0 aromatic carbocycles. The second-order valence-corrected chi connectivity index (χ2v) is 6.91. The Balaban J connectivity index is 2.17. The van der Waals surface area contributed by atoms with Crippen LogP contribution >= 0.6 is 11.8 Å². The van der Waals surface area contributed by atoms with Gasteiger partial charge in [0, 0.05) is 11.8 Å². The predicted molar refractivity (Wildman–Crippen MR) is 79.4 cm³/mol. The van der Waals surface area contributed by atoms with Crippen molar-refractivity contribution in [2.24, 2.45) is 11.7 Å². The van der Waals surface area contributed by atoms with Crippen LogP contribution in [0.2, 0.25) is 0 Å². The molecular formula is C14H24N2O3S. The highest BCUT2D eigenvalue weighted by Gasteiger charge is 2.44. The summed E-state index contributed by atoms with van der Waals surface area (Å²) in [5, 5.41) is 9.31. The zero-order valence-electron chi connectivity index (χ0n) is 12.0. The van der Waals surface area contributed by atoms with Gasteiger partial charge in [0.2, 0.25) is 5.91 Å². The van der Waals surface area contributed by atoms with Crippen molar-refractivity contribution in [2.45, 2.75) is 62.9 Å². The van der Waals surface area contributed by atoms with E-state index < -0.39 is 12.0 Å². The molecular weight excluding hydrogens is 276 g/mol. The normalized spacial score (nSPS) is 34.8. The average Bonchev–Trinajstić information content (AvgIpc) is 2.74. The van der Waals surface area contributed by atoms with E-state index in [1.165, 1.54) is 0 Å². The molecule has 1 amide bonds. The highest BCUT2D eigenvalue weighted by Crippen LogP contribution is 2.35. The zero-order valence-corrected chi connectivity index (χ0v) is 12.8. The van der Waals surface area contributed by atoms with Crippen molar-refractivity contribution in [1.29, 1.82) is 0 Å². The molecule has 4 atom stereocenters. The number of carboxylic acid groups (broad SMARTS) is 1. The van der Waals surface area contributed by atoms with E-state index in [4.69, 9.17) is 5.73 Å². The van der Waals surface area contributed by atoms with Gasteiger partial charge in [-0.05, 0) is 19.3 Å². The van der Waals surface area contributed by atoms with E-state index in [2.05, 4.69) is 0 Å². The summed E-state index contributed by atoms with van der Waals surface area (Å²) in [7, 11) is 0. The molecule has 2 aliphatic rings. The smallest absolute Gasteiger partial charge is 0.327 e. The van der Waals surface area contributed by atoms with E-state index in [0.29, 0.717) is 5.75 Å². The number of carbonyl (C=O) groups is 2. The summed E-state index contributed by atoms with van der Waals surface area (Å²) in [6, 6.07) is -0.810. The summed E-state index contributed by atoms with van der Waals surface area (Å²) in [5.74, 6) is -0.651. The molecule has 5 nitrogen and oxygen atoms in total. The van der Waals surface area contributed by atoms with Gasteiger partial charge in [-0.1, -0.05) is 26.2 Å². The van der Waals surface area contributed by atoms with Gasteiger partial charge in [-0.2, -0.15) is 0 Å². The van der Waals surface area contributed by atoms with Gasteiger partial charge in [0.25, 0.3) is 0 Å². The SMILES string of the molecule is CCC1SCC(C(=O)O)N1C(=O)C1CCCCCC1N. The summed E-state index contributed by atoms with van der Waals surface area (Å²) in [6.07, 6.45) is 5.64. The summed E-state index contributed by atoms with van der Waals surface area (Å²) >= 11 is 1.57. The fourth-order valence-electron chi connectivity index (χ4n) is 3.20. The quantitative estimate of drug-likeness (QED) is 0.774. The van der Waals surface area contributed by atoms with Gasteiger partial charge in [0.05, 0.1) is 11.3 Å². The Morgan fingerprint density at radius 1 is 1.30 bits per heavy atom. The molecule has 0 aromatic heterocycles. The van der Waals surface area contributed by atoms with Crippen LogP contribution in [0.3, 0.4) is 0 Å². The number of carbonyl (C=O) groups excluding carboxylic acids is 1. The molecule has 1 saturated carbocycles. The van der Waals surface area contributed by atoms with Crippen LogP contribution in [-0.2, 0) is 9.59 Å². The van der Waals surface area contributed by atoms with Crippen molar-refractivity contribution in [3.63, 3.8) is 0 Å². The van der Waals surface area contributed by atoms with Crippen LogP contribution in [0.1, 0.15) is 45.4 Å². The maximum absolute atomic E-state index is 12.8. The van der Waals surface area contributed by atoms with E-state index in [1.54, 1.807) is 16.7 Å². The number of aliphatic carboxylic acids is 1. The van der Waals surface area contributed by atoms with Crippen molar-refractivity contribution in [2.75, 3.05) is 5.75 Å². The number of carboxylic acids is 1. The standard InChI is InChI=1S/C14H24N2O3S/c1-2-12-16(11(8-20-12)14(18)19)13(17)9-6-4-3-5-7-10(9)15/h9-12H,2-8,15H2,1H3,(H,18,19). The number of nitrogens with two attached hydrogens (primary N) is 1. The Kier molecular flexibility index (Phi) is 5.32. The lowest BCUT2D eigenvalue weighted by atomic mass is 9.93. The minimum absolute atomic E-state index is 0.0148. The third-order valence-electron chi connectivity index (χ3n) is 4.37. The van der Waals surface area contributed by atoms with Crippen molar-refractivity contribution in [3.05, 3.63) is 0 Å². The lowest BCUT2D eigenvalue weighted by Gasteiger charge is -2.32. The monoisotopic (exact) mass is 300 g/mol. The molecule has 6 heteroatoms. The average molecular weight is 300 g/mol. The molecule has 2 fully saturated rings. The first-order valence-electron chi connectivity index (χ1n) is 7.48. The maximum Gasteiger partial charge on any atom is 0.327 e. The Morgan fingerprint density at radius 2 is 2.00 bits per heavy atom. The van der Waals surface area contributed by atoms with E-state index in [9.17, 15) is 14.7 Å². The first kappa shape index (κ1) is 15.6. The van der Waals surface area contributed by atoms with Gasteiger partial charge in [0.15, 0.2) is 0 Å². The molecule has 1 aliphatic carbocycles. The number of hydrogen-bond donors (Lipinski definition) is 2. The second-order valence-electron chi connectivity index (χ2n) is 5.70. The summed E-state index contributed by atoms with van der Waals surface area (Å²) in [4.78, 5) is 25.8. The summed E-state index contributed by atoms with van der Waals surface area (Å²) < 4.78 is 0. The van der Waals surface area contributed by atoms with Crippen LogP contribution in [0, 0.1) is 5.92 Å². The molecule has 0 radical (unpaired) electrons. The molecule has 0 aromatic rings. The van der Waals surface area contributed by atoms with Crippen LogP contribution in [0.25, 0.3) is 0 Å². The van der Waals surface area contributed by atoms with Crippen LogP contribution < -0.4 is 5.73 Å². The van der Waals surface area contributed by atoms with Crippen molar-refractivity contribution in [1.82, 2.24) is 4.90 Å². The highest BCUT2D eigenvalue weighted by atomic mass is 32.2. The molecule has 1 aliphatic heterocycles. The Morgan fingerprint density at radius 3 is 2.65 bits per heavy atom. The summed E-state index contributed by atoms with van der Waals surface area (Å²) in [5.41, 5.74) is 6.15. The zero-order chi connectivity index (χ0) is 14.7. The van der Waals surface area contributed by atoms with Gasteiger partial charge in [-0.25, -0.2) is 4.79 Å². The minimum Gasteiger partial charge on any atom is -0.480 e. The first-order valence-corrected chi connectivity index (χ1v) is 8.53. The first-order chi connectivity index (χ1) is 9.56. The molecule has 0 spiro atoms. The molecule has 2 rings (SSSR count). The maximum atomic E-state index is 12.8. The van der Waals surface area contributed by atoms with Crippen LogP contribution in [0.15, 0.2) is 0 Å². The van der Waals surface area contributed by atoms with Gasteiger partial charge < -0.3 is 15.7 Å². The van der Waals surface area contributed by atoms with Gasteiger partial charge in [-0.3, -0.25) is 4.79 Å². The predicted octanol–water partition coefficient (Wildman–Crippen LogP) is 1.66. The van der Waals surface area contributed by atoms with Crippen LogP contribution in [-0.4, -0.2) is 45.1 Å². The van der Waals surface area contributed by atoms with Crippen molar-refractivity contribution < 1.29 is 14.7 Å². The topological polar surface area (TPSA) is 83.6 Å². The molecule has 3 N–H and O–H groups in total. The number of amides is 1. The Labute approximate surface area is 124 Å². The molecule has 114 valence electrons. The second kappa shape index (κ2) is 6.80. The minimum atomic E-state index is -0.899. The van der Waals surface area contributed by atoms with E-state index in [0.717, 1.165) is 38.5 Å². The largest absolute Gasteiger partial charge is 0.480 e. The van der Waals surface area contributed by atoms with E-state index in [-0.39, 0.29) is 23.2 Å². The van der Waals surface area contributed by atoms with Gasteiger partial charge in [0.1, 0.15) is 6.04 Å². The van der Waals surface area contributed by atoms with E-state index in [1.807, 2.05) is 6.92 Å². The molecule has 1 heterocycles. The van der Waals surface area contributed by atoms with Crippen molar-refractivity contribution >= 4 is 23.6 Å². The lowest BCUT2D eigenvalue weighted by Crippen LogP contribution is -2.51. The van der Waals surface area contributed by atoms with Crippen LogP contribution in [0.5, 0.6) is 0 Å². The Hall–Kier alpha value is -0.750. The Bertz CT molecular complexity index is 377. The number of thioether (sulfide) groups is 1. The fraction of sp³-hybridized carbons (Fsp3) is 0.857. The van der Waals surface area contributed by atoms with Crippen molar-refractivity contribution in [3.8, 4) is 0 Å². The fourth-order valence-corrected chi connectivity index (χ4v) is 4.55. The van der Waals surface area contributed by atoms with Gasteiger partial charge >= 0.3 is 5.97 Å². The molecule has 0 bridgehead atoms. The number of nitrogens with zero attached hydrogens (tertiary/aromatic N) is 1. The van der Waals surface area contributed by atoms with Crippen LogP contribution in [0.4, 0.5) is 0 Å². The number of rotatable bonds is 3. The third-order valence-corrected chi connectivity index (χ3v) is 5.82. The highest BCUT2D eigenvalue weighted by molar-refractivity contribution is 8.00. The van der Waals surface area contributed by atoms with E-state index >= 15 is 0 Å². The summed E-state index contributed by atoms with van der Waals surface area (Å²) in [6.45, 7) is 2.00. The number of hydrogen-bond acceptors (Lipinski definition) is 4. The third kappa shape index (κ3) is 3.11.